The minimum atomic E-state index is -3.81. The summed E-state index contributed by atoms with van der Waals surface area (Å²) in [6.07, 6.45) is 0. The summed E-state index contributed by atoms with van der Waals surface area (Å²) in [6, 6.07) is 8.18. The van der Waals surface area contributed by atoms with E-state index in [0.717, 1.165) is 18.2 Å². The number of benzene rings is 2. The minimum absolute atomic E-state index is 0. The van der Waals surface area contributed by atoms with Crippen LogP contribution in [0.3, 0.4) is 0 Å². The molecule has 0 aromatic heterocycles. The zero-order valence-electron chi connectivity index (χ0n) is 16.2. The van der Waals surface area contributed by atoms with Gasteiger partial charge in [0.05, 0.1) is 18.8 Å². The van der Waals surface area contributed by atoms with E-state index in [1.807, 2.05) is 6.92 Å². The van der Waals surface area contributed by atoms with Crippen molar-refractivity contribution >= 4 is 39.8 Å². The number of hydrogen-bond acceptors (Lipinski definition) is 4. The van der Waals surface area contributed by atoms with E-state index in [9.17, 15) is 21.6 Å². The molecule has 0 amide bonds. The first kappa shape index (κ1) is 26.0. The summed E-state index contributed by atoms with van der Waals surface area (Å²) < 4.78 is 69.7. The lowest BCUT2D eigenvalue weighted by Crippen LogP contribution is -2.39. The zero-order valence-corrected chi connectivity index (χ0v) is 19.3. The van der Waals surface area contributed by atoms with E-state index in [-0.39, 0.29) is 60.1 Å². The molecular formula is C19H23F3IN3O3S. The molecule has 6 nitrogen and oxygen atoms in total. The van der Waals surface area contributed by atoms with Gasteiger partial charge in [0.2, 0.25) is 0 Å². The molecule has 0 aliphatic rings. The van der Waals surface area contributed by atoms with Gasteiger partial charge >= 0.3 is 0 Å². The maximum Gasteiger partial charge on any atom is 0.191 e. The zero-order chi connectivity index (χ0) is 21.3. The molecule has 2 aromatic rings. The summed E-state index contributed by atoms with van der Waals surface area (Å²) in [7, 11) is -3.81. The molecule has 0 spiro atoms. The van der Waals surface area contributed by atoms with E-state index in [2.05, 4.69) is 15.6 Å². The standard InChI is InChI=1S/C19H22F3N3O3S.HI/c1-2-23-19(24-9-11-28-17-8-7-14(20)13-16(17)22)25-10-12-29(26,27)18-6-4-3-5-15(18)21;/h3-8,13H,2,9-12H2,1H3,(H2,23,24,25);1H. The normalized spacial score (nSPS) is 11.5. The quantitative estimate of drug-likeness (QED) is 0.215. The summed E-state index contributed by atoms with van der Waals surface area (Å²) in [4.78, 5) is 3.78. The van der Waals surface area contributed by atoms with E-state index in [1.165, 1.54) is 24.3 Å². The Labute approximate surface area is 190 Å². The number of sulfone groups is 1. The first-order valence-corrected chi connectivity index (χ1v) is 10.6. The van der Waals surface area contributed by atoms with Gasteiger partial charge in [0.1, 0.15) is 23.1 Å². The second-order valence-electron chi connectivity index (χ2n) is 5.86. The molecule has 0 radical (unpaired) electrons. The van der Waals surface area contributed by atoms with Crippen LogP contribution in [0.25, 0.3) is 0 Å². The van der Waals surface area contributed by atoms with Crippen molar-refractivity contribution in [2.75, 3.05) is 32.0 Å². The molecule has 11 heteroatoms. The van der Waals surface area contributed by atoms with Gasteiger partial charge in [-0.05, 0) is 31.2 Å². The Balaban J connectivity index is 0.00000450. The number of rotatable bonds is 9. The third-order valence-corrected chi connectivity index (χ3v) is 5.41. The number of nitrogens with one attached hydrogen (secondary N) is 2. The molecule has 0 saturated carbocycles. The van der Waals surface area contributed by atoms with Crippen molar-refractivity contribution in [2.24, 2.45) is 4.99 Å². The van der Waals surface area contributed by atoms with Crippen LogP contribution >= 0.6 is 24.0 Å². The molecule has 30 heavy (non-hydrogen) atoms. The molecule has 2 aromatic carbocycles. The topological polar surface area (TPSA) is 79.8 Å². The summed E-state index contributed by atoms with van der Waals surface area (Å²) in [5.74, 6) is -2.40. The molecule has 0 saturated heterocycles. The van der Waals surface area contributed by atoms with Crippen molar-refractivity contribution in [3.8, 4) is 5.75 Å². The van der Waals surface area contributed by atoms with Crippen LogP contribution in [0.5, 0.6) is 5.75 Å². The van der Waals surface area contributed by atoms with Crippen LogP contribution in [0.1, 0.15) is 6.92 Å². The Hall–Kier alpha value is -2.02. The Bertz CT molecular complexity index is 959. The Morgan fingerprint density at radius 2 is 1.80 bits per heavy atom. The first-order chi connectivity index (χ1) is 13.8. The van der Waals surface area contributed by atoms with Crippen molar-refractivity contribution in [3.63, 3.8) is 0 Å². The predicted octanol–water partition coefficient (Wildman–Crippen LogP) is 3.13. The van der Waals surface area contributed by atoms with Crippen LogP contribution in [0.2, 0.25) is 0 Å². The van der Waals surface area contributed by atoms with Crippen LogP contribution in [-0.2, 0) is 9.84 Å². The van der Waals surface area contributed by atoms with E-state index < -0.39 is 27.3 Å². The second kappa shape index (κ2) is 12.6. The van der Waals surface area contributed by atoms with Gasteiger partial charge < -0.3 is 15.4 Å². The van der Waals surface area contributed by atoms with E-state index in [0.29, 0.717) is 12.5 Å². The van der Waals surface area contributed by atoms with Crippen molar-refractivity contribution in [2.45, 2.75) is 11.8 Å². The van der Waals surface area contributed by atoms with E-state index >= 15 is 0 Å². The van der Waals surface area contributed by atoms with Crippen molar-refractivity contribution in [3.05, 3.63) is 59.9 Å². The average molecular weight is 557 g/mol. The lowest BCUT2D eigenvalue weighted by Gasteiger charge is -2.12. The maximum atomic E-state index is 13.7. The van der Waals surface area contributed by atoms with Crippen molar-refractivity contribution in [1.82, 2.24) is 10.6 Å². The number of aliphatic imine (C=N–C) groups is 1. The first-order valence-electron chi connectivity index (χ1n) is 8.91. The molecule has 0 atom stereocenters. The third-order valence-electron chi connectivity index (χ3n) is 3.69. The molecule has 0 unspecified atom stereocenters. The molecule has 0 fully saturated rings. The maximum absolute atomic E-state index is 13.7. The molecule has 2 N–H and O–H groups in total. The fourth-order valence-corrected chi connectivity index (χ4v) is 3.55. The fraction of sp³-hybridized carbons (Fsp3) is 0.316. The molecule has 166 valence electrons. The van der Waals surface area contributed by atoms with Gasteiger partial charge in [-0.1, -0.05) is 12.1 Å². The van der Waals surface area contributed by atoms with Gasteiger partial charge in [-0.3, -0.25) is 4.99 Å². The number of guanidine groups is 1. The minimum Gasteiger partial charge on any atom is -0.489 e. The number of ether oxygens (including phenoxy) is 1. The van der Waals surface area contributed by atoms with Crippen LogP contribution < -0.4 is 15.4 Å². The number of halogens is 4. The predicted molar refractivity (Wildman–Crippen MR) is 120 cm³/mol. The molecule has 0 aliphatic heterocycles. The lowest BCUT2D eigenvalue weighted by atomic mass is 10.3. The largest absolute Gasteiger partial charge is 0.489 e. The Morgan fingerprint density at radius 3 is 2.47 bits per heavy atom. The molecule has 0 aliphatic carbocycles. The highest BCUT2D eigenvalue weighted by Gasteiger charge is 2.18. The molecule has 0 bridgehead atoms. The SMILES string of the molecule is CCNC(=NCCS(=O)(=O)c1ccccc1F)NCCOc1ccc(F)cc1F.I. The Morgan fingerprint density at radius 1 is 1.07 bits per heavy atom. The fourth-order valence-electron chi connectivity index (χ4n) is 2.35. The third kappa shape index (κ3) is 8.01. The molecular weight excluding hydrogens is 534 g/mol. The van der Waals surface area contributed by atoms with Crippen LogP contribution in [-0.4, -0.2) is 46.4 Å². The highest BCUT2D eigenvalue weighted by Crippen LogP contribution is 2.17. The van der Waals surface area contributed by atoms with Crippen molar-refractivity contribution < 1.29 is 26.3 Å². The monoisotopic (exact) mass is 557 g/mol. The van der Waals surface area contributed by atoms with Crippen LogP contribution in [0.15, 0.2) is 52.4 Å². The summed E-state index contributed by atoms with van der Waals surface area (Å²) in [6.45, 7) is 2.58. The summed E-state index contributed by atoms with van der Waals surface area (Å²) in [5.41, 5.74) is 0. The molecule has 2 rings (SSSR count). The van der Waals surface area contributed by atoms with Crippen LogP contribution in [0.4, 0.5) is 13.2 Å². The summed E-state index contributed by atoms with van der Waals surface area (Å²) >= 11 is 0. The highest BCUT2D eigenvalue weighted by molar-refractivity contribution is 14.0. The average Bonchev–Trinajstić information content (AvgIpc) is 2.66. The van der Waals surface area contributed by atoms with Gasteiger partial charge in [-0.2, -0.15) is 0 Å². The van der Waals surface area contributed by atoms with Gasteiger partial charge in [0.15, 0.2) is 27.4 Å². The van der Waals surface area contributed by atoms with Gasteiger partial charge in [0, 0.05) is 12.6 Å². The van der Waals surface area contributed by atoms with Gasteiger partial charge in [-0.25, -0.2) is 21.6 Å². The van der Waals surface area contributed by atoms with Gasteiger partial charge in [0.25, 0.3) is 0 Å². The Kier molecular flexibility index (Phi) is 10.9. The lowest BCUT2D eigenvalue weighted by molar-refractivity contribution is 0.304. The smallest absolute Gasteiger partial charge is 0.191 e. The van der Waals surface area contributed by atoms with Gasteiger partial charge in [-0.15, -0.1) is 24.0 Å². The number of hydrogen-bond donors (Lipinski definition) is 2. The number of nitrogens with zero attached hydrogens (tertiary/aromatic N) is 1. The van der Waals surface area contributed by atoms with Crippen LogP contribution in [0, 0.1) is 17.5 Å². The van der Waals surface area contributed by atoms with E-state index in [1.54, 1.807) is 0 Å². The second-order valence-corrected chi connectivity index (χ2v) is 7.94. The summed E-state index contributed by atoms with van der Waals surface area (Å²) in [5, 5.41) is 5.84. The van der Waals surface area contributed by atoms with Crippen molar-refractivity contribution in [1.29, 1.82) is 0 Å². The van der Waals surface area contributed by atoms with E-state index in [4.69, 9.17) is 4.74 Å². The highest BCUT2D eigenvalue weighted by atomic mass is 127. The molecule has 0 heterocycles.